The van der Waals surface area contributed by atoms with E-state index in [1.54, 1.807) is 35.8 Å². The van der Waals surface area contributed by atoms with Crippen molar-refractivity contribution in [3.8, 4) is 0 Å². The number of carbonyl (C=O) groups is 2. The molecule has 160 valence electrons. The normalized spacial score (nSPS) is 12.0. The Kier molecular flexibility index (Phi) is 5.85. The molecule has 0 saturated carbocycles. The van der Waals surface area contributed by atoms with Crippen molar-refractivity contribution < 1.29 is 18.7 Å². The van der Waals surface area contributed by atoms with Gasteiger partial charge in [-0.2, -0.15) is 4.99 Å². The highest BCUT2D eigenvalue weighted by Crippen LogP contribution is 2.20. The maximum Gasteiger partial charge on any atom is 0.420 e. The molecule has 2 aromatic heterocycles. The second-order valence-corrected chi connectivity index (χ2v) is 7.87. The Hall–Kier alpha value is -3.46. The van der Waals surface area contributed by atoms with E-state index in [0.717, 1.165) is 22.2 Å². The summed E-state index contributed by atoms with van der Waals surface area (Å²) in [4.78, 5) is 41.6. The molecule has 2 aromatic carbocycles. The minimum Gasteiger partial charge on any atom is -0.465 e. The first kappa shape index (κ1) is 20.8. The Morgan fingerprint density at radius 3 is 2.65 bits per heavy atom. The molecule has 1 amide bonds. The van der Waals surface area contributed by atoms with Gasteiger partial charge >= 0.3 is 11.7 Å². The average Bonchev–Trinajstić information content (AvgIpc) is 3.24. The summed E-state index contributed by atoms with van der Waals surface area (Å²) in [7, 11) is 0. The molecule has 8 nitrogen and oxygen atoms in total. The molecule has 2 heterocycles. The largest absolute Gasteiger partial charge is 0.465 e. The fourth-order valence-electron chi connectivity index (χ4n) is 3.35. The van der Waals surface area contributed by atoms with Crippen LogP contribution in [-0.4, -0.2) is 27.6 Å². The highest BCUT2D eigenvalue weighted by molar-refractivity contribution is 7.16. The van der Waals surface area contributed by atoms with E-state index in [4.69, 9.17) is 9.15 Å². The van der Waals surface area contributed by atoms with Crippen LogP contribution in [-0.2, 0) is 33.8 Å². The Labute approximate surface area is 181 Å². The first-order chi connectivity index (χ1) is 15.0. The van der Waals surface area contributed by atoms with Gasteiger partial charge in [-0.3, -0.25) is 14.2 Å². The van der Waals surface area contributed by atoms with Crippen molar-refractivity contribution >= 4 is 44.5 Å². The molecule has 0 fully saturated rings. The van der Waals surface area contributed by atoms with Crippen molar-refractivity contribution in [2.75, 3.05) is 6.61 Å². The van der Waals surface area contributed by atoms with Gasteiger partial charge in [0, 0.05) is 0 Å². The zero-order valence-corrected chi connectivity index (χ0v) is 18.0. The summed E-state index contributed by atoms with van der Waals surface area (Å²) >= 11 is 1.32. The second-order valence-electron chi connectivity index (χ2n) is 6.86. The average molecular weight is 439 g/mol. The van der Waals surface area contributed by atoms with Crippen molar-refractivity contribution in [3.63, 3.8) is 0 Å². The van der Waals surface area contributed by atoms with Crippen molar-refractivity contribution in [1.82, 2.24) is 9.13 Å². The Balaban J connectivity index is 1.75. The number of aromatic nitrogens is 2. The number of nitrogens with zero attached hydrogens (tertiary/aromatic N) is 3. The number of carbonyl (C=O) groups excluding carboxylic acids is 2. The molecular formula is C22H21N3O5S. The molecule has 0 bridgehead atoms. The van der Waals surface area contributed by atoms with Gasteiger partial charge in [0.25, 0.3) is 5.91 Å². The van der Waals surface area contributed by atoms with E-state index in [1.165, 1.54) is 15.9 Å². The van der Waals surface area contributed by atoms with Crippen LogP contribution in [0.25, 0.3) is 21.3 Å². The van der Waals surface area contributed by atoms with Crippen LogP contribution < -0.4 is 10.6 Å². The number of hydrogen-bond acceptors (Lipinski definition) is 6. The van der Waals surface area contributed by atoms with Gasteiger partial charge in [0.15, 0.2) is 10.4 Å². The number of fused-ring (bicyclic) bond motifs is 2. The molecule has 4 rings (SSSR count). The Morgan fingerprint density at radius 1 is 1.06 bits per heavy atom. The summed E-state index contributed by atoms with van der Waals surface area (Å²) in [5, 5.41) is 0. The van der Waals surface area contributed by atoms with Crippen LogP contribution in [0.15, 0.2) is 56.7 Å². The van der Waals surface area contributed by atoms with Crippen molar-refractivity contribution in [2.24, 2.45) is 4.99 Å². The highest BCUT2D eigenvalue weighted by atomic mass is 32.1. The van der Waals surface area contributed by atoms with Gasteiger partial charge in [-0.25, -0.2) is 4.79 Å². The summed E-state index contributed by atoms with van der Waals surface area (Å²) in [6, 6.07) is 12.8. The summed E-state index contributed by atoms with van der Waals surface area (Å²) in [5.41, 5.74) is 2.88. The number of para-hydroxylation sites is 2. The maximum atomic E-state index is 12.7. The molecule has 0 aliphatic rings. The van der Waals surface area contributed by atoms with Crippen LogP contribution in [0.5, 0.6) is 0 Å². The fraction of sp³-hybridized carbons (Fsp3) is 0.273. The number of ether oxygens (including phenoxy) is 1. The monoisotopic (exact) mass is 439 g/mol. The van der Waals surface area contributed by atoms with Gasteiger partial charge < -0.3 is 13.7 Å². The van der Waals surface area contributed by atoms with E-state index in [-0.39, 0.29) is 19.7 Å². The van der Waals surface area contributed by atoms with Crippen LogP contribution in [0.1, 0.15) is 19.4 Å². The molecular weight excluding hydrogens is 418 g/mol. The first-order valence-electron chi connectivity index (χ1n) is 9.94. The third-order valence-electron chi connectivity index (χ3n) is 4.84. The molecule has 31 heavy (non-hydrogen) atoms. The number of aryl methyl sites for hydroxylation is 1. The Morgan fingerprint density at radius 2 is 1.87 bits per heavy atom. The highest BCUT2D eigenvalue weighted by Gasteiger charge is 2.15. The zero-order valence-electron chi connectivity index (χ0n) is 17.2. The third-order valence-corrected chi connectivity index (χ3v) is 5.88. The molecule has 0 N–H and O–H groups in total. The molecule has 0 unspecified atom stereocenters. The predicted molar refractivity (Wildman–Crippen MR) is 117 cm³/mol. The van der Waals surface area contributed by atoms with Gasteiger partial charge in [0.2, 0.25) is 0 Å². The summed E-state index contributed by atoms with van der Waals surface area (Å²) in [5.74, 6) is -1.55. The number of thiazole rings is 1. The molecule has 0 saturated heterocycles. The van der Waals surface area contributed by atoms with Gasteiger partial charge in [0.05, 0.1) is 22.3 Å². The summed E-state index contributed by atoms with van der Waals surface area (Å²) in [6.07, 6.45) is 0.869. The van der Waals surface area contributed by atoms with E-state index >= 15 is 0 Å². The van der Waals surface area contributed by atoms with Crippen LogP contribution >= 0.6 is 11.3 Å². The predicted octanol–water partition coefficient (Wildman–Crippen LogP) is 2.86. The van der Waals surface area contributed by atoms with Gasteiger partial charge in [0.1, 0.15) is 13.1 Å². The fourth-order valence-corrected chi connectivity index (χ4v) is 4.46. The molecule has 4 aromatic rings. The number of esters is 1. The lowest BCUT2D eigenvalue weighted by molar-refractivity contribution is -0.143. The quantitative estimate of drug-likeness (QED) is 0.431. The maximum absolute atomic E-state index is 12.7. The molecule has 0 spiro atoms. The van der Waals surface area contributed by atoms with E-state index in [1.807, 2.05) is 18.2 Å². The first-order valence-corrected chi connectivity index (χ1v) is 10.8. The van der Waals surface area contributed by atoms with E-state index in [0.29, 0.717) is 15.9 Å². The minimum absolute atomic E-state index is 0.0555. The standard InChI is InChI=1S/C22H21N3O5S/c1-3-14-9-10-16-18(11-14)31-21(24(16)13-20(27)29-4-2)23-19(26)12-25-15-7-5-6-8-17(15)30-22(25)28/h5-11H,3-4,12-13H2,1-2H3. The van der Waals surface area contributed by atoms with Crippen LogP contribution in [0.2, 0.25) is 0 Å². The molecule has 0 aliphatic heterocycles. The van der Waals surface area contributed by atoms with E-state index in [2.05, 4.69) is 11.9 Å². The number of benzene rings is 2. The van der Waals surface area contributed by atoms with Crippen molar-refractivity contribution in [3.05, 3.63) is 63.4 Å². The Bertz CT molecular complexity index is 1410. The SMILES string of the molecule is CCOC(=O)Cn1c(=NC(=O)Cn2c(=O)oc3ccccc32)sc2cc(CC)ccc21. The lowest BCUT2D eigenvalue weighted by Gasteiger charge is -2.05. The third kappa shape index (κ3) is 4.22. The van der Waals surface area contributed by atoms with Crippen LogP contribution in [0.4, 0.5) is 0 Å². The van der Waals surface area contributed by atoms with Gasteiger partial charge in [-0.15, -0.1) is 0 Å². The van der Waals surface area contributed by atoms with Crippen molar-refractivity contribution in [1.29, 1.82) is 0 Å². The number of amides is 1. The number of oxazole rings is 1. The lowest BCUT2D eigenvalue weighted by atomic mass is 10.2. The summed E-state index contributed by atoms with van der Waals surface area (Å²) < 4.78 is 14.1. The smallest absolute Gasteiger partial charge is 0.420 e. The molecule has 0 radical (unpaired) electrons. The van der Waals surface area contributed by atoms with Gasteiger partial charge in [-0.05, 0) is 43.2 Å². The lowest BCUT2D eigenvalue weighted by Crippen LogP contribution is -2.25. The molecule has 0 aliphatic carbocycles. The second kappa shape index (κ2) is 8.73. The van der Waals surface area contributed by atoms with Crippen LogP contribution in [0, 0.1) is 0 Å². The van der Waals surface area contributed by atoms with Crippen LogP contribution in [0.3, 0.4) is 0 Å². The topological polar surface area (TPSA) is 95.8 Å². The number of hydrogen-bond donors (Lipinski definition) is 0. The number of rotatable bonds is 6. The van der Waals surface area contributed by atoms with E-state index < -0.39 is 17.6 Å². The molecule has 0 atom stereocenters. The molecule has 9 heteroatoms. The van der Waals surface area contributed by atoms with Crippen molar-refractivity contribution in [2.45, 2.75) is 33.4 Å². The van der Waals surface area contributed by atoms with Gasteiger partial charge in [-0.1, -0.05) is 36.5 Å². The summed E-state index contributed by atoms with van der Waals surface area (Å²) in [6.45, 7) is 3.75. The van der Waals surface area contributed by atoms with E-state index in [9.17, 15) is 14.4 Å². The zero-order chi connectivity index (χ0) is 22.0. The minimum atomic E-state index is -0.618.